The Balaban J connectivity index is 2.46. The lowest BCUT2D eigenvalue weighted by atomic mass is 10.1. The minimum Gasteiger partial charge on any atom is -0.380 e. The van der Waals surface area contributed by atoms with Crippen molar-refractivity contribution in [3.05, 3.63) is 35.4 Å². The van der Waals surface area contributed by atoms with Crippen LogP contribution in [0.1, 0.15) is 30.9 Å². The van der Waals surface area contributed by atoms with Gasteiger partial charge in [-0.3, -0.25) is 0 Å². The van der Waals surface area contributed by atoms with Crippen molar-refractivity contribution in [3.63, 3.8) is 0 Å². The molecule has 0 unspecified atom stereocenters. The third-order valence-corrected chi connectivity index (χ3v) is 2.57. The summed E-state index contributed by atoms with van der Waals surface area (Å²) in [7, 11) is 1.69. The van der Waals surface area contributed by atoms with E-state index in [9.17, 15) is 0 Å². The number of methoxy groups -OCH3 is 1. The molecule has 0 atom stereocenters. The van der Waals surface area contributed by atoms with E-state index in [-0.39, 0.29) is 0 Å². The standard InChI is InChI=1S/C14H23N3O/c1-3-4-8-16-14(15)17-10-12-6-5-7-13(9-12)11-18-2/h5-7,9H,3-4,8,10-11H2,1-2H3,(H3,15,16,17). The summed E-state index contributed by atoms with van der Waals surface area (Å²) < 4.78 is 5.10. The number of guanidine groups is 1. The highest BCUT2D eigenvalue weighted by Crippen LogP contribution is 2.07. The van der Waals surface area contributed by atoms with Crippen LogP contribution in [0.3, 0.4) is 0 Å². The third-order valence-electron chi connectivity index (χ3n) is 2.57. The highest BCUT2D eigenvalue weighted by Gasteiger charge is 1.96. The summed E-state index contributed by atoms with van der Waals surface area (Å²) in [5, 5.41) is 3.10. The molecule has 18 heavy (non-hydrogen) atoms. The molecule has 1 aromatic rings. The average molecular weight is 249 g/mol. The number of aliphatic imine (C=N–C) groups is 1. The molecule has 0 spiro atoms. The zero-order valence-corrected chi connectivity index (χ0v) is 11.3. The average Bonchev–Trinajstić information content (AvgIpc) is 2.38. The van der Waals surface area contributed by atoms with Gasteiger partial charge in [0.15, 0.2) is 5.96 Å². The first kappa shape index (κ1) is 14.5. The van der Waals surface area contributed by atoms with Gasteiger partial charge in [-0.05, 0) is 17.5 Å². The molecular formula is C14H23N3O. The lowest BCUT2D eigenvalue weighted by Crippen LogP contribution is -2.32. The van der Waals surface area contributed by atoms with Gasteiger partial charge in [0.05, 0.1) is 13.2 Å². The minimum atomic E-state index is 0.514. The molecule has 0 aliphatic heterocycles. The monoisotopic (exact) mass is 249 g/mol. The van der Waals surface area contributed by atoms with Gasteiger partial charge in [0.2, 0.25) is 0 Å². The van der Waals surface area contributed by atoms with Crippen LogP contribution in [0.5, 0.6) is 0 Å². The maximum Gasteiger partial charge on any atom is 0.188 e. The van der Waals surface area contributed by atoms with Crippen LogP contribution in [-0.4, -0.2) is 19.6 Å². The van der Waals surface area contributed by atoms with Crippen LogP contribution in [-0.2, 0) is 17.9 Å². The lowest BCUT2D eigenvalue weighted by molar-refractivity contribution is 0.185. The lowest BCUT2D eigenvalue weighted by Gasteiger charge is -2.05. The predicted octanol–water partition coefficient (Wildman–Crippen LogP) is 2.04. The number of rotatable bonds is 7. The molecule has 1 rings (SSSR count). The van der Waals surface area contributed by atoms with Crippen LogP contribution >= 0.6 is 0 Å². The van der Waals surface area contributed by atoms with E-state index < -0.39 is 0 Å². The van der Waals surface area contributed by atoms with E-state index in [1.165, 1.54) is 0 Å². The molecule has 0 fully saturated rings. The Kier molecular flexibility index (Phi) is 6.87. The van der Waals surface area contributed by atoms with E-state index in [1.54, 1.807) is 7.11 Å². The smallest absolute Gasteiger partial charge is 0.188 e. The summed E-state index contributed by atoms with van der Waals surface area (Å²) in [6, 6.07) is 8.19. The van der Waals surface area contributed by atoms with Gasteiger partial charge in [-0.1, -0.05) is 37.6 Å². The summed E-state index contributed by atoms with van der Waals surface area (Å²) in [5.41, 5.74) is 8.07. The van der Waals surface area contributed by atoms with Crippen molar-refractivity contribution in [1.29, 1.82) is 0 Å². The Morgan fingerprint density at radius 2 is 2.17 bits per heavy atom. The fourth-order valence-electron chi connectivity index (χ4n) is 1.61. The normalized spacial score (nSPS) is 11.6. The number of nitrogens with one attached hydrogen (secondary N) is 1. The van der Waals surface area contributed by atoms with Gasteiger partial charge in [0, 0.05) is 13.7 Å². The molecule has 3 N–H and O–H groups in total. The van der Waals surface area contributed by atoms with E-state index in [4.69, 9.17) is 10.5 Å². The summed E-state index contributed by atoms with van der Waals surface area (Å²) in [6.07, 6.45) is 2.26. The van der Waals surface area contributed by atoms with Crippen LogP contribution in [0.4, 0.5) is 0 Å². The highest BCUT2D eigenvalue weighted by molar-refractivity contribution is 5.77. The number of hydrogen-bond donors (Lipinski definition) is 2. The van der Waals surface area contributed by atoms with E-state index in [0.717, 1.165) is 30.5 Å². The van der Waals surface area contributed by atoms with Crippen LogP contribution in [0, 0.1) is 0 Å². The third kappa shape index (κ3) is 5.68. The number of benzene rings is 1. The molecule has 0 aliphatic rings. The van der Waals surface area contributed by atoms with Crippen molar-refractivity contribution >= 4 is 5.96 Å². The highest BCUT2D eigenvalue weighted by atomic mass is 16.5. The first-order valence-corrected chi connectivity index (χ1v) is 6.36. The van der Waals surface area contributed by atoms with Crippen molar-refractivity contribution in [2.45, 2.75) is 32.9 Å². The molecule has 0 radical (unpaired) electrons. The van der Waals surface area contributed by atoms with E-state index >= 15 is 0 Å². The van der Waals surface area contributed by atoms with E-state index in [0.29, 0.717) is 19.1 Å². The van der Waals surface area contributed by atoms with Crippen molar-refractivity contribution in [2.75, 3.05) is 13.7 Å². The topological polar surface area (TPSA) is 59.6 Å². The SMILES string of the molecule is CCCCNC(N)=NCc1cccc(COC)c1. The van der Waals surface area contributed by atoms with Gasteiger partial charge >= 0.3 is 0 Å². The Labute approximate surface area is 109 Å². The maximum absolute atomic E-state index is 5.77. The second-order valence-electron chi connectivity index (χ2n) is 4.23. The van der Waals surface area contributed by atoms with Gasteiger partial charge in [0.25, 0.3) is 0 Å². The van der Waals surface area contributed by atoms with Gasteiger partial charge in [0.1, 0.15) is 0 Å². The molecule has 4 nitrogen and oxygen atoms in total. The van der Waals surface area contributed by atoms with Crippen LogP contribution in [0.2, 0.25) is 0 Å². The molecule has 0 bridgehead atoms. The molecule has 0 aliphatic carbocycles. The summed E-state index contributed by atoms with van der Waals surface area (Å²) in [4.78, 5) is 4.31. The maximum atomic E-state index is 5.77. The Hall–Kier alpha value is -1.55. The zero-order chi connectivity index (χ0) is 13.2. The number of ether oxygens (including phenoxy) is 1. The predicted molar refractivity (Wildman–Crippen MR) is 75.4 cm³/mol. The van der Waals surface area contributed by atoms with Crippen LogP contribution in [0.25, 0.3) is 0 Å². The second kappa shape index (κ2) is 8.53. The van der Waals surface area contributed by atoms with E-state index in [1.807, 2.05) is 18.2 Å². The molecule has 100 valence electrons. The van der Waals surface area contributed by atoms with Crippen LogP contribution < -0.4 is 11.1 Å². The Morgan fingerprint density at radius 3 is 2.89 bits per heavy atom. The Bertz CT molecular complexity index is 377. The number of nitrogens with zero attached hydrogens (tertiary/aromatic N) is 1. The zero-order valence-electron chi connectivity index (χ0n) is 11.3. The molecule has 0 amide bonds. The first-order chi connectivity index (χ1) is 8.76. The van der Waals surface area contributed by atoms with Crippen molar-refractivity contribution < 1.29 is 4.74 Å². The van der Waals surface area contributed by atoms with Gasteiger partial charge < -0.3 is 15.8 Å². The number of hydrogen-bond acceptors (Lipinski definition) is 2. The molecule has 0 heterocycles. The number of unbranched alkanes of at least 4 members (excludes halogenated alkanes) is 1. The molecular weight excluding hydrogens is 226 g/mol. The second-order valence-corrected chi connectivity index (χ2v) is 4.23. The van der Waals surface area contributed by atoms with Gasteiger partial charge in [-0.15, -0.1) is 0 Å². The molecule has 0 saturated heterocycles. The fraction of sp³-hybridized carbons (Fsp3) is 0.500. The van der Waals surface area contributed by atoms with Crippen molar-refractivity contribution in [3.8, 4) is 0 Å². The molecule has 0 saturated carbocycles. The largest absolute Gasteiger partial charge is 0.380 e. The quantitative estimate of drug-likeness (QED) is 0.441. The number of nitrogens with two attached hydrogens (primary N) is 1. The minimum absolute atomic E-state index is 0.514. The van der Waals surface area contributed by atoms with Gasteiger partial charge in [-0.25, -0.2) is 4.99 Å². The van der Waals surface area contributed by atoms with Crippen LogP contribution in [0.15, 0.2) is 29.3 Å². The van der Waals surface area contributed by atoms with Crippen molar-refractivity contribution in [1.82, 2.24) is 5.32 Å². The molecule has 4 heteroatoms. The fourth-order valence-corrected chi connectivity index (χ4v) is 1.61. The summed E-state index contributed by atoms with van der Waals surface area (Å²) in [5.74, 6) is 0.514. The van der Waals surface area contributed by atoms with Crippen molar-refractivity contribution in [2.24, 2.45) is 10.7 Å². The first-order valence-electron chi connectivity index (χ1n) is 6.36. The molecule has 1 aromatic carbocycles. The van der Waals surface area contributed by atoms with E-state index in [2.05, 4.69) is 23.3 Å². The summed E-state index contributed by atoms with van der Waals surface area (Å²) in [6.45, 7) is 4.26. The summed E-state index contributed by atoms with van der Waals surface area (Å²) >= 11 is 0. The van der Waals surface area contributed by atoms with Gasteiger partial charge in [-0.2, -0.15) is 0 Å². The molecule has 0 aromatic heterocycles. The Morgan fingerprint density at radius 1 is 1.39 bits per heavy atom.